The molecule has 37 heavy (non-hydrogen) atoms. The maximum Gasteiger partial charge on any atom is 0.294 e. The van der Waals surface area contributed by atoms with Crippen molar-refractivity contribution < 1.29 is 28.6 Å². The topological polar surface area (TPSA) is 208 Å². The van der Waals surface area contributed by atoms with Crippen LogP contribution in [-0.4, -0.2) is 63.7 Å². The van der Waals surface area contributed by atoms with Crippen LogP contribution in [0.2, 0.25) is 0 Å². The molecule has 0 saturated heterocycles. The summed E-state index contributed by atoms with van der Waals surface area (Å²) in [5.74, 6) is 0.411. The lowest BCUT2D eigenvalue weighted by Gasteiger charge is -2.11. The number of aromatic nitrogens is 5. The lowest BCUT2D eigenvalue weighted by Crippen LogP contribution is -2.19. The van der Waals surface area contributed by atoms with Crippen molar-refractivity contribution in [3.05, 3.63) is 57.8 Å². The molecule has 0 aliphatic rings. The molecular weight excluding hydrogens is 490 g/mol. The number of non-ortho nitro benzene ring substituents is 1. The highest BCUT2D eigenvalue weighted by molar-refractivity contribution is 5.99. The van der Waals surface area contributed by atoms with E-state index in [0.717, 1.165) is 4.68 Å². The highest BCUT2D eigenvalue weighted by Crippen LogP contribution is 2.34. The fourth-order valence-corrected chi connectivity index (χ4v) is 3.29. The Labute approximate surface area is 207 Å². The summed E-state index contributed by atoms with van der Waals surface area (Å²) in [4.78, 5) is 23.5. The van der Waals surface area contributed by atoms with Crippen LogP contribution < -0.4 is 25.4 Å². The third-order valence-corrected chi connectivity index (χ3v) is 5.04. The molecule has 2 aromatic heterocycles. The first-order chi connectivity index (χ1) is 17.9. The normalized spacial score (nSPS) is 10.9. The lowest BCUT2D eigenvalue weighted by molar-refractivity contribution is -0.384. The number of rotatable bonds is 9. The number of amides is 1. The quantitative estimate of drug-likeness (QED) is 0.187. The standard InChI is InChI=1S/C21H19N9O7/c1-34-14-9-16(36-3)15(35-2)8-12(14)10-23-25-21(31)17-18(11-4-6-13(7-5-11)30(32)33)29(28-24-17)20-19(22)26-37-27-20/h4-10H,1-3H3,(H2,22,26)(H,25,31)/b23-10+. The zero-order chi connectivity index (χ0) is 26.5. The van der Waals surface area contributed by atoms with E-state index in [1.54, 1.807) is 12.1 Å². The maximum atomic E-state index is 13.0. The number of carbonyl (C=O) groups is 1. The van der Waals surface area contributed by atoms with E-state index in [4.69, 9.17) is 19.9 Å². The van der Waals surface area contributed by atoms with Gasteiger partial charge in [-0.25, -0.2) is 10.1 Å². The Balaban J connectivity index is 1.68. The monoisotopic (exact) mass is 509 g/mol. The van der Waals surface area contributed by atoms with Crippen LogP contribution in [0.15, 0.2) is 46.1 Å². The van der Waals surface area contributed by atoms with E-state index in [0.29, 0.717) is 28.4 Å². The van der Waals surface area contributed by atoms with Gasteiger partial charge in [-0.2, -0.15) is 9.78 Å². The Morgan fingerprint density at radius 1 is 1.11 bits per heavy atom. The van der Waals surface area contributed by atoms with Gasteiger partial charge in [0.1, 0.15) is 11.4 Å². The number of nitro groups is 1. The van der Waals surface area contributed by atoms with Gasteiger partial charge in [-0.3, -0.25) is 14.9 Å². The van der Waals surface area contributed by atoms with Crippen LogP contribution in [0.1, 0.15) is 16.1 Å². The van der Waals surface area contributed by atoms with Crippen molar-refractivity contribution in [1.82, 2.24) is 30.7 Å². The average Bonchev–Trinajstić information content (AvgIpc) is 3.54. The molecule has 2 aromatic carbocycles. The molecular formula is C21H19N9O7. The molecule has 0 aliphatic carbocycles. The Kier molecular flexibility index (Phi) is 6.90. The van der Waals surface area contributed by atoms with Crippen molar-refractivity contribution in [2.45, 2.75) is 0 Å². The van der Waals surface area contributed by atoms with E-state index in [2.05, 4.69) is 35.8 Å². The number of anilines is 1. The molecule has 2 heterocycles. The van der Waals surface area contributed by atoms with Gasteiger partial charge in [-0.1, -0.05) is 5.21 Å². The minimum atomic E-state index is -0.745. The number of ether oxygens (including phenoxy) is 3. The van der Waals surface area contributed by atoms with Gasteiger partial charge < -0.3 is 19.9 Å². The third kappa shape index (κ3) is 4.83. The molecule has 0 aliphatic heterocycles. The fraction of sp³-hybridized carbons (Fsp3) is 0.143. The van der Waals surface area contributed by atoms with Gasteiger partial charge in [-0.05, 0) is 28.5 Å². The van der Waals surface area contributed by atoms with Gasteiger partial charge in [0.2, 0.25) is 11.6 Å². The molecule has 0 atom stereocenters. The number of nitrogens with two attached hydrogens (primary N) is 1. The van der Waals surface area contributed by atoms with E-state index in [1.165, 1.54) is 51.8 Å². The number of nitrogens with zero attached hydrogens (tertiary/aromatic N) is 7. The number of methoxy groups -OCH3 is 3. The van der Waals surface area contributed by atoms with Gasteiger partial charge in [0, 0.05) is 29.3 Å². The number of nitrogens with one attached hydrogen (secondary N) is 1. The van der Waals surface area contributed by atoms with Crippen LogP contribution >= 0.6 is 0 Å². The molecule has 190 valence electrons. The number of nitro benzene ring substituents is 1. The Morgan fingerprint density at radius 2 is 1.78 bits per heavy atom. The van der Waals surface area contributed by atoms with E-state index in [9.17, 15) is 14.9 Å². The molecule has 0 spiro atoms. The second-order valence-electron chi connectivity index (χ2n) is 7.12. The molecule has 0 fully saturated rings. The Morgan fingerprint density at radius 3 is 2.38 bits per heavy atom. The molecule has 16 nitrogen and oxygen atoms in total. The average molecular weight is 509 g/mol. The number of nitrogen functional groups attached to an aromatic ring is 1. The summed E-state index contributed by atoms with van der Waals surface area (Å²) < 4.78 is 21.6. The van der Waals surface area contributed by atoms with Crippen molar-refractivity contribution in [3.8, 4) is 34.3 Å². The van der Waals surface area contributed by atoms with Crippen LogP contribution in [0, 0.1) is 10.1 Å². The zero-order valence-corrected chi connectivity index (χ0v) is 19.6. The minimum absolute atomic E-state index is 0.0292. The predicted molar refractivity (Wildman–Crippen MR) is 127 cm³/mol. The van der Waals surface area contributed by atoms with E-state index >= 15 is 0 Å². The number of benzene rings is 2. The minimum Gasteiger partial charge on any atom is -0.496 e. The summed E-state index contributed by atoms with van der Waals surface area (Å²) in [7, 11) is 4.44. The van der Waals surface area contributed by atoms with Gasteiger partial charge >= 0.3 is 0 Å². The zero-order valence-electron chi connectivity index (χ0n) is 19.6. The smallest absolute Gasteiger partial charge is 0.294 e. The number of hydrazone groups is 1. The van der Waals surface area contributed by atoms with Crippen LogP contribution in [0.5, 0.6) is 17.2 Å². The summed E-state index contributed by atoms with van der Waals surface area (Å²) in [6.45, 7) is 0. The van der Waals surface area contributed by atoms with Crippen molar-refractivity contribution in [1.29, 1.82) is 0 Å². The van der Waals surface area contributed by atoms with Gasteiger partial charge in [-0.15, -0.1) is 5.10 Å². The number of carbonyl (C=O) groups excluding carboxylic acids is 1. The summed E-state index contributed by atoms with van der Waals surface area (Å²) >= 11 is 0. The lowest BCUT2D eigenvalue weighted by atomic mass is 10.1. The second kappa shape index (κ2) is 10.4. The van der Waals surface area contributed by atoms with Gasteiger partial charge in [0.25, 0.3) is 11.6 Å². The van der Waals surface area contributed by atoms with Gasteiger partial charge in [0.15, 0.2) is 17.2 Å². The van der Waals surface area contributed by atoms with Crippen LogP contribution in [-0.2, 0) is 0 Å². The highest BCUT2D eigenvalue weighted by Gasteiger charge is 2.25. The first-order valence-corrected chi connectivity index (χ1v) is 10.3. The molecule has 0 radical (unpaired) electrons. The number of hydrogen-bond acceptors (Lipinski definition) is 13. The highest BCUT2D eigenvalue weighted by atomic mass is 16.6. The van der Waals surface area contributed by atoms with Crippen LogP contribution in [0.25, 0.3) is 17.1 Å². The van der Waals surface area contributed by atoms with Crippen LogP contribution in [0.3, 0.4) is 0 Å². The Hall–Kier alpha value is -5.54. The fourth-order valence-electron chi connectivity index (χ4n) is 3.29. The molecule has 16 heteroatoms. The van der Waals surface area contributed by atoms with E-state index in [-0.39, 0.29) is 28.7 Å². The molecule has 3 N–H and O–H groups in total. The molecule has 0 bridgehead atoms. The largest absolute Gasteiger partial charge is 0.496 e. The Bertz CT molecular complexity index is 1480. The summed E-state index contributed by atoms with van der Waals surface area (Å²) in [6.07, 6.45) is 1.34. The summed E-state index contributed by atoms with van der Waals surface area (Å²) in [6, 6.07) is 8.60. The van der Waals surface area contributed by atoms with Gasteiger partial charge in [0.05, 0.1) is 32.5 Å². The molecule has 1 amide bonds. The number of hydrogen-bond donors (Lipinski definition) is 2. The van der Waals surface area contributed by atoms with Crippen molar-refractivity contribution >= 4 is 23.6 Å². The molecule has 0 unspecified atom stereocenters. The first-order valence-electron chi connectivity index (χ1n) is 10.3. The third-order valence-electron chi connectivity index (χ3n) is 5.04. The summed E-state index contributed by atoms with van der Waals surface area (Å²) in [5, 5.41) is 30.1. The van der Waals surface area contributed by atoms with Crippen molar-refractivity contribution in [2.75, 3.05) is 27.1 Å². The second-order valence-corrected chi connectivity index (χ2v) is 7.12. The van der Waals surface area contributed by atoms with Crippen molar-refractivity contribution in [3.63, 3.8) is 0 Å². The molecule has 4 rings (SSSR count). The predicted octanol–water partition coefficient (Wildman–Crippen LogP) is 1.60. The molecule has 4 aromatic rings. The maximum absolute atomic E-state index is 13.0. The van der Waals surface area contributed by atoms with E-state index < -0.39 is 10.8 Å². The molecule has 0 saturated carbocycles. The first kappa shape index (κ1) is 24.6. The SMILES string of the molecule is COc1cc(OC)c(OC)cc1/C=N/NC(=O)c1nnn(-c2nonc2N)c1-c1ccc([N+](=O)[O-])cc1. The van der Waals surface area contributed by atoms with Crippen molar-refractivity contribution in [2.24, 2.45) is 5.10 Å². The summed E-state index contributed by atoms with van der Waals surface area (Å²) in [5.41, 5.74) is 8.79. The van der Waals surface area contributed by atoms with Crippen LogP contribution in [0.4, 0.5) is 11.5 Å². The van der Waals surface area contributed by atoms with E-state index in [1.807, 2.05) is 0 Å².